The van der Waals surface area contributed by atoms with Crippen molar-refractivity contribution in [3.63, 3.8) is 0 Å². The standard InChI is InChI=1S/C13H13NO3S/c15-11(12-4-1-7-17-12)9-14-13(16)6-5-10-3-2-8-18-10/h1-8,11,15H,9H2,(H,14,16)/b6-5+. The number of furan rings is 1. The predicted molar refractivity (Wildman–Crippen MR) is 70.0 cm³/mol. The maximum atomic E-state index is 11.5. The van der Waals surface area contributed by atoms with E-state index in [0.29, 0.717) is 5.76 Å². The lowest BCUT2D eigenvalue weighted by molar-refractivity contribution is -0.116. The molecule has 2 heterocycles. The first-order valence-corrected chi connectivity index (χ1v) is 6.34. The van der Waals surface area contributed by atoms with Crippen LogP contribution in [0.15, 0.2) is 46.4 Å². The molecule has 0 saturated heterocycles. The number of rotatable bonds is 5. The molecular formula is C13H13NO3S. The van der Waals surface area contributed by atoms with Crippen molar-refractivity contribution >= 4 is 23.3 Å². The Morgan fingerprint density at radius 2 is 2.39 bits per heavy atom. The molecule has 2 aromatic heterocycles. The molecule has 2 aromatic rings. The van der Waals surface area contributed by atoms with Crippen LogP contribution < -0.4 is 5.32 Å². The molecule has 4 nitrogen and oxygen atoms in total. The number of carbonyl (C=O) groups excluding carboxylic acids is 1. The van der Waals surface area contributed by atoms with Crippen LogP contribution >= 0.6 is 11.3 Å². The third kappa shape index (κ3) is 3.58. The number of carbonyl (C=O) groups is 1. The van der Waals surface area contributed by atoms with Crippen molar-refractivity contribution in [1.29, 1.82) is 0 Å². The summed E-state index contributed by atoms with van der Waals surface area (Å²) in [4.78, 5) is 12.5. The molecule has 1 atom stereocenters. The van der Waals surface area contributed by atoms with Gasteiger partial charge in [0.15, 0.2) is 0 Å². The molecule has 0 saturated carbocycles. The fourth-order valence-corrected chi connectivity index (χ4v) is 2.00. The van der Waals surface area contributed by atoms with E-state index in [1.54, 1.807) is 29.5 Å². The molecule has 0 fully saturated rings. The Balaban J connectivity index is 1.78. The van der Waals surface area contributed by atoms with Gasteiger partial charge in [0, 0.05) is 11.0 Å². The van der Waals surface area contributed by atoms with Gasteiger partial charge < -0.3 is 14.8 Å². The molecule has 0 aliphatic carbocycles. The van der Waals surface area contributed by atoms with Gasteiger partial charge in [0.1, 0.15) is 11.9 Å². The second-order valence-corrected chi connectivity index (χ2v) is 4.60. The van der Waals surface area contributed by atoms with Gasteiger partial charge in [-0.25, -0.2) is 0 Å². The van der Waals surface area contributed by atoms with Crippen LogP contribution in [0.3, 0.4) is 0 Å². The summed E-state index contributed by atoms with van der Waals surface area (Å²) in [6.07, 6.45) is 3.84. The topological polar surface area (TPSA) is 62.5 Å². The number of nitrogens with one attached hydrogen (secondary N) is 1. The number of hydrogen-bond acceptors (Lipinski definition) is 4. The van der Waals surface area contributed by atoms with Crippen molar-refractivity contribution in [3.05, 3.63) is 52.6 Å². The summed E-state index contributed by atoms with van der Waals surface area (Å²) < 4.78 is 5.03. The van der Waals surface area contributed by atoms with Gasteiger partial charge >= 0.3 is 0 Å². The first-order valence-electron chi connectivity index (χ1n) is 5.46. The van der Waals surface area contributed by atoms with E-state index in [-0.39, 0.29) is 12.5 Å². The molecule has 0 aromatic carbocycles. The van der Waals surface area contributed by atoms with Crippen molar-refractivity contribution in [2.24, 2.45) is 0 Å². The Kier molecular flexibility index (Phi) is 4.33. The van der Waals surface area contributed by atoms with Crippen LogP contribution in [0.5, 0.6) is 0 Å². The number of aliphatic hydroxyl groups is 1. The molecule has 1 unspecified atom stereocenters. The molecule has 0 spiro atoms. The van der Waals surface area contributed by atoms with Crippen LogP contribution in [0.4, 0.5) is 0 Å². The summed E-state index contributed by atoms with van der Waals surface area (Å²) in [6.45, 7) is 0.126. The van der Waals surface area contributed by atoms with E-state index in [1.807, 2.05) is 17.5 Å². The van der Waals surface area contributed by atoms with E-state index < -0.39 is 6.10 Å². The first kappa shape index (κ1) is 12.6. The van der Waals surface area contributed by atoms with Gasteiger partial charge in [0.2, 0.25) is 5.91 Å². The lowest BCUT2D eigenvalue weighted by Crippen LogP contribution is -2.26. The van der Waals surface area contributed by atoms with Crippen molar-refractivity contribution in [3.8, 4) is 0 Å². The number of hydrogen-bond donors (Lipinski definition) is 2. The molecule has 0 radical (unpaired) electrons. The van der Waals surface area contributed by atoms with Crippen LogP contribution in [-0.4, -0.2) is 17.6 Å². The molecule has 1 amide bonds. The zero-order valence-electron chi connectivity index (χ0n) is 9.58. The van der Waals surface area contributed by atoms with Crippen molar-refractivity contribution in [2.75, 3.05) is 6.54 Å². The minimum absolute atomic E-state index is 0.126. The summed E-state index contributed by atoms with van der Waals surface area (Å²) in [6, 6.07) is 7.20. The SMILES string of the molecule is O=C(/C=C/c1cccs1)NCC(O)c1ccco1. The molecule has 94 valence electrons. The highest BCUT2D eigenvalue weighted by molar-refractivity contribution is 7.10. The van der Waals surface area contributed by atoms with Gasteiger partial charge in [0.05, 0.1) is 12.8 Å². The maximum Gasteiger partial charge on any atom is 0.244 e. The second-order valence-electron chi connectivity index (χ2n) is 3.63. The van der Waals surface area contributed by atoms with Crippen molar-refractivity contribution in [1.82, 2.24) is 5.32 Å². The average molecular weight is 263 g/mol. The maximum absolute atomic E-state index is 11.5. The van der Waals surface area contributed by atoms with Crippen molar-refractivity contribution in [2.45, 2.75) is 6.10 Å². The molecular weight excluding hydrogens is 250 g/mol. The summed E-state index contributed by atoms with van der Waals surface area (Å²) in [7, 11) is 0. The summed E-state index contributed by atoms with van der Waals surface area (Å²) >= 11 is 1.56. The summed E-state index contributed by atoms with van der Waals surface area (Å²) in [5.74, 6) is 0.201. The molecule has 18 heavy (non-hydrogen) atoms. The molecule has 5 heteroatoms. The number of aliphatic hydroxyl groups excluding tert-OH is 1. The minimum atomic E-state index is -0.820. The van der Waals surface area contributed by atoms with E-state index in [9.17, 15) is 9.90 Å². The molecule has 0 aliphatic heterocycles. The highest BCUT2D eigenvalue weighted by Gasteiger charge is 2.10. The van der Waals surface area contributed by atoms with Crippen LogP contribution in [-0.2, 0) is 4.79 Å². The second kappa shape index (κ2) is 6.18. The summed E-state index contributed by atoms with van der Waals surface area (Å²) in [5, 5.41) is 14.2. The Morgan fingerprint density at radius 1 is 1.50 bits per heavy atom. The monoisotopic (exact) mass is 263 g/mol. The quantitative estimate of drug-likeness (QED) is 0.813. The van der Waals surface area contributed by atoms with Crippen molar-refractivity contribution < 1.29 is 14.3 Å². The normalized spacial score (nSPS) is 12.7. The van der Waals surface area contributed by atoms with Crippen LogP contribution in [0, 0.1) is 0 Å². The third-order valence-corrected chi connectivity index (χ3v) is 3.12. The molecule has 0 bridgehead atoms. The zero-order valence-corrected chi connectivity index (χ0v) is 10.4. The zero-order chi connectivity index (χ0) is 12.8. The van der Waals surface area contributed by atoms with Gasteiger partial charge in [-0.2, -0.15) is 0 Å². The predicted octanol–water partition coefficient (Wildman–Crippen LogP) is 2.20. The van der Waals surface area contributed by atoms with Gasteiger partial charge in [-0.3, -0.25) is 4.79 Å². The summed E-state index contributed by atoms with van der Waals surface area (Å²) in [5.41, 5.74) is 0. The third-order valence-electron chi connectivity index (χ3n) is 2.28. The lowest BCUT2D eigenvalue weighted by atomic mass is 10.2. The van der Waals surface area contributed by atoms with E-state index in [0.717, 1.165) is 4.88 Å². The van der Waals surface area contributed by atoms with Crippen LogP contribution in [0.2, 0.25) is 0 Å². The Hall–Kier alpha value is -1.85. The van der Waals surface area contributed by atoms with Gasteiger partial charge in [-0.15, -0.1) is 11.3 Å². The van der Waals surface area contributed by atoms with Crippen LogP contribution in [0.25, 0.3) is 6.08 Å². The van der Waals surface area contributed by atoms with E-state index in [1.165, 1.54) is 12.3 Å². The Labute approximate surface area is 109 Å². The Bertz CT molecular complexity index is 502. The fourth-order valence-electron chi connectivity index (χ4n) is 1.38. The fraction of sp³-hybridized carbons (Fsp3) is 0.154. The Morgan fingerprint density at radius 3 is 3.06 bits per heavy atom. The number of amides is 1. The average Bonchev–Trinajstić information content (AvgIpc) is 3.05. The largest absolute Gasteiger partial charge is 0.467 e. The van der Waals surface area contributed by atoms with E-state index in [2.05, 4.69) is 5.32 Å². The van der Waals surface area contributed by atoms with E-state index in [4.69, 9.17) is 4.42 Å². The van der Waals surface area contributed by atoms with Gasteiger partial charge in [-0.05, 0) is 29.7 Å². The van der Waals surface area contributed by atoms with Gasteiger partial charge in [-0.1, -0.05) is 6.07 Å². The van der Waals surface area contributed by atoms with Gasteiger partial charge in [0.25, 0.3) is 0 Å². The highest BCUT2D eigenvalue weighted by Crippen LogP contribution is 2.12. The molecule has 0 aliphatic rings. The lowest BCUT2D eigenvalue weighted by Gasteiger charge is -2.07. The smallest absolute Gasteiger partial charge is 0.244 e. The number of thiophene rings is 1. The minimum Gasteiger partial charge on any atom is -0.467 e. The highest BCUT2D eigenvalue weighted by atomic mass is 32.1. The van der Waals surface area contributed by atoms with E-state index >= 15 is 0 Å². The first-order chi connectivity index (χ1) is 8.75. The van der Waals surface area contributed by atoms with Crippen LogP contribution in [0.1, 0.15) is 16.7 Å². The molecule has 2 N–H and O–H groups in total. The molecule has 2 rings (SSSR count).